The maximum Gasteiger partial charge on any atom is 0.214 e. The number of nitrogens with one attached hydrogen (secondary N) is 2. The summed E-state index contributed by atoms with van der Waals surface area (Å²) in [6.45, 7) is 3.80. The smallest absolute Gasteiger partial charge is 0.214 e. The normalized spacial score (nSPS) is 19.2. The van der Waals surface area contributed by atoms with Gasteiger partial charge in [0.15, 0.2) is 5.96 Å². The van der Waals surface area contributed by atoms with Gasteiger partial charge in [-0.15, -0.1) is 0 Å². The van der Waals surface area contributed by atoms with Gasteiger partial charge in [-0.25, -0.2) is 12.7 Å². The maximum atomic E-state index is 11.8. The number of rotatable bonds is 7. The molecule has 7 heteroatoms. The first-order valence-corrected chi connectivity index (χ1v) is 10.1. The first kappa shape index (κ1) is 18.7. The van der Waals surface area contributed by atoms with Crippen LogP contribution < -0.4 is 10.6 Å². The Balaban J connectivity index is 1.70. The fourth-order valence-corrected chi connectivity index (χ4v) is 4.30. The summed E-state index contributed by atoms with van der Waals surface area (Å²) < 4.78 is 25.1. The van der Waals surface area contributed by atoms with Crippen molar-refractivity contribution in [1.82, 2.24) is 14.9 Å². The summed E-state index contributed by atoms with van der Waals surface area (Å²) in [4.78, 5) is 4.21. The van der Waals surface area contributed by atoms with Gasteiger partial charge in [-0.05, 0) is 31.7 Å². The van der Waals surface area contributed by atoms with E-state index in [2.05, 4.69) is 46.8 Å². The monoisotopic (exact) mass is 352 g/mol. The van der Waals surface area contributed by atoms with Crippen LogP contribution in [-0.4, -0.2) is 57.2 Å². The first-order chi connectivity index (χ1) is 11.5. The predicted molar refractivity (Wildman–Crippen MR) is 98.7 cm³/mol. The average Bonchev–Trinajstić information content (AvgIpc) is 2.91. The minimum Gasteiger partial charge on any atom is -0.355 e. The number of aryl methyl sites for hydroxylation is 1. The molecule has 6 nitrogen and oxygen atoms in total. The van der Waals surface area contributed by atoms with Crippen LogP contribution in [0.5, 0.6) is 0 Å². The highest BCUT2D eigenvalue weighted by Crippen LogP contribution is 2.11. The van der Waals surface area contributed by atoms with Crippen molar-refractivity contribution in [2.24, 2.45) is 4.99 Å². The van der Waals surface area contributed by atoms with Crippen molar-refractivity contribution in [2.45, 2.75) is 32.2 Å². The lowest BCUT2D eigenvalue weighted by molar-refractivity contribution is 0.444. The number of hydrogen-bond acceptors (Lipinski definition) is 3. The molecule has 1 aromatic carbocycles. The Morgan fingerprint density at radius 2 is 2.08 bits per heavy atom. The summed E-state index contributed by atoms with van der Waals surface area (Å²) in [5, 5.41) is 6.55. The lowest BCUT2D eigenvalue weighted by Crippen LogP contribution is -2.45. The fraction of sp³-hybridized carbons (Fsp3) is 0.588. The van der Waals surface area contributed by atoms with Gasteiger partial charge < -0.3 is 10.6 Å². The third kappa shape index (κ3) is 5.79. The second-order valence-electron chi connectivity index (χ2n) is 6.14. The molecule has 0 amide bonds. The molecule has 1 atom stereocenters. The zero-order chi connectivity index (χ0) is 17.4. The largest absolute Gasteiger partial charge is 0.355 e. The second-order valence-corrected chi connectivity index (χ2v) is 8.23. The van der Waals surface area contributed by atoms with Gasteiger partial charge in [0.05, 0.1) is 5.75 Å². The SMILES string of the molecule is CN=C(NCCN1CCCS1(=O)=O)NC(C)CCc1ccccc1. The molecule has 1 unspecified atom stereocenters. The molecule has 0 aliphatic carbocycles. The van der Waals surface area contributed by atoms with Crippen molar-refractivity contribution in [3.8, 4) is 0 Å². The van der Waals surface area contributed by atoms with Gasteiger partial charge in [-0.3, -0.25) is 4.99 Å². The van der Waals surface area contributed by atoms with Crippen LogP contribution in [0.25, 0.3) is 0 Å². The Kier molecular flexibility index (Phi) is 7.05. The minimum atomic E-state index is -3.02. The van der Waals surface area contributed by atoms with E-state index in [0.717, 1.165) is 19.3 Å². The van der Waals surface area contributed by atoms with Gasteiger partial charge in [0.2, 0.25) is 10.0 Å². The molecular weight excluding hydrogens is 324 g/mol. The summed E-state index contributed by atoms with van der Waals surface area (Å²) in [6, 6.07) is 10.7. The Hall–Kier alpha value is -1.60. The topological polar surface area (TPSA) is 73.8 Å². The molecule has 0 saturated carbocycles. The van der Waals surface area contributed by atoms with Crippen molar-refractivity contribution >= 4 is 16.0 Å². The molecule has 24 heavy (non-hydrogen) atoms. The summed E-state index contributed by atoms with van der Waals surface area (Å²) in [5.41, 5.74) is 1.33. The van der Waals surface area contributed by atoms with Gasteiger partial charge >= 0.3 is 0 Å². The van der Waals surface area contributed by atoms with E-state index in [0.29, 0.717) is 25.6 Å². The van der Waals surface area contributed by atoms with E-state index in [-0.39, 0.29) is 11.8 Å². The quantitative estimate of drug-likeness (QED) is 0.571. The standard InChI is InChI=1S/C17H28N4O2S/c1-15(9-10-16-7-4-3-5-8-16)20-17(18-2)19-11-13-21-12-6-14-24(21,22)23/h3-5,7-8,15H,6,9-14H2,1-2H3,(H2,18,19,20). The summed E-state index contributed by atoms with van der Waals surface area (Å²) in [6.07, 6.45) is 2.75. The summed E-state index contributed by atoms with van der Waals surface area (Å²) in [7, 11) is -1.29. The van der Waals surface area contributed by atoms with Crippen LogP contribution in [0.3, 0.4) is 0 Å². The Labute approximate surface area is 145 Å². The molecule has 2 rings (SSSR count). The van der Waals surface area contributed by atoms with Crippen molar-refractivity contribution in [2.75, 3.05) is 32.4 Å². The lowest BCUT2D eigenvalue weighted by Gasteiger charge is -2.19. The Morgan fingerprint density at radius 1 is 1.33 bits per heavy atom. The van der Waals surface area contributed by atoms with Gasteiger partial charge in [-0.1, -0.05) is 30.3 Å². The number of guanidine groups is 1. The van der Waals surface area contributed by atoms with Crippen LogP contribution in [0, 0.1) is 0 Å². The highest BCUT2D eigenvalue weighted by Gasteiger charge is 2.27. The summed E-state index contributed by atoms with van der Waals surface area (Å²) >= 11 is 0. The zero-order valence-electron chi connectivity index (χ0n) is 14.5. The molecule has 1 aliphatic rings. The Bertz CT molecular complexity index is 631. The molecule has 0 radical (unpaired) electrons. The van der Waals surface area contributed by atoms with Crippen molar-refractivity contribution < 1.29 is 8.42 Å². The predicted octanol–water partition coefficient (Wildman–Crippen LogP) is 1.21. The van der Waals surface area contributed by atoms with Crippen LogP contribution in [-0.2, 0) is 16.4 Å². The van der Waals surface area contributed by atoms with Crippen molar-refractivity contribution in [3.63, 3.8) is 0 Å². The third-order valence-electron chi connectivity index (χ3n) is 4.17. The molecule has 2 N–H and O–H groups in total. The number of sulfonamides is 1. The molecule has 1 fully saturated rings. The Morgan fingerprint density at radius 3 is 2.71 bits per heavy atom. The third-order valence-corrected chi connectivity index (χ3v) is 6.13. The fourth-order valence-electron chi connectivity index (χ4n) is 2.77. The second kappa shape index (κ2) is 9.03. The zero-order valence-corrected chi connectivity index (χ0v) is 15.3. The van der Waals surface area contributed by atoms with Gasteiger partial charge in [0.25, 0.3) is 0 Å². The highest BCUT2D eigenvalue weighted by molar-refractivity contribution is 7.89. The van der Waals surface area contributed by atoms with Crippen molar-refractivity contribution in [3.05, 3.63) is 35.9 Å². The van der Waals surface area contributed by atoms with E-state index in [1.807, 2.05) is 6.07 Å². The number of hydrogen-bond donors (Lipinski definition) is 2. The first-order valence-electron chi connectivity index (χ1n) is 8.50. The average molecular weight is 353 g/mol. The molecule has 1 saturated heterocycles. The maximum absolute atomic E-state index is 11.8. The van der Waals surface area contributed by atoms with Crippen LogP contribution in [0.4, 0.5) is 0 Å². The van der Waals surface area contributed by atoms with E-state index in [1.165, 1.54) is 5.56 Å². The van der Waals surface area contributed by atoms with E-state index in [1.54, 1.807) is 11.4 Å². The van der Waals surface area contributed by atoms with Crippen LogP contribution in [0.2, 0.25) is 0 Å². The number of aliphatic imine (C=N–C) groups is 1. The number of benzene rings is 1. The van der Waals surface area contributed by atoms with Gasteiger partial charge in [0, 0.05) is 32.7 Å². The molecule has 134 valence electrons. The minimum absolute atomic E-state index is 0.274. The van der Waals surface area contributed by atoms with Crippen LogP contribution in [0.1, 0.15) is 25.3 Å². The van der Waals surface area contributed by atoms with E-state index in [9.17, 15) is 8.42 Å². The molecule has 1 aromatic rings. The van der Waals surface area contributed by atoms with E-state index in [4.69, 9.17) is 0 Å². The molecule has 0 aromatic heterocycles. The van der Waals surface area contributed by atoms with E-state index >= 15 is 0 Å². The van der Waals surface area contributed by atoms with Crippen LogP contribution in [0.15, 0.2) is 35.3 Å². The summed E-state index contributed by atoms with van der Waals surface area (Å²) in [5.74, 6) is 0.989. The molecule has 0 bridgehead atoms. The molecule has 0 spiro atoms. The molecule has 1 heterocycles. The lowest BCUT2D eigenvalue weighted by atomic mass is 10.1. The molecule has 1 aliphatic heterocycles. The van der Waals surface area contributed by atoms with E-state index < -0.39 is 10.0 Å². The van der Waals surface area contributed by atoms with Crippen LogP contribution >= 0.6 is 0 Å². The van der Waals surface area contributed by atoms with Gasteiger partial charge in [-0.2, -0.15) is 0 Å². The highest BCUT2D eigenvalue weighted by atomic mass is 32.2. The van der Waals surface area contributed by atoms with Crippen molar-refractivity contribution in [1.29, 1.82) is 0 Å². The number of nitrogens with zero attached hydrogens (tertiary/aromatic N) is 2. The molecular formula is C17H28N4O2S. The van der Waals surface area contributed by atoms with Gasteiger partial charge in [0.1, 0.15) is 0 Å².